The molecule has 1 fully saturated rings. The number of hydrogen-bond donors (Lipinski definition) is 0. The Bertz CT molecular complexity index is 828. The molecule has 0 saturated carbocycles. The zero-order valence-corrected chi connectivity index (χ0v) is 16.4. The minimum atomic E-state index is -0.551. The van der Waals surface area contributed by atoms with Crippen LogP contribution in [0.5, 0.6) is 11.5 Å². The third-order valence-electron chi connectivity index (χ3n) is 4.12. The number of para-hydroxylation sites is 1. The molecule has 1 aliphatic rings. The Kier molecular flexibility index (Phi) is 5.87. The van der Waals surface area contributed by atoms with Gasteiger partial charge in [0.05, 0.1) is 12.1 Å². The van der Waals surface area contributed by atoms with Gasteiger partial charge in [-0.3, -0.25) is 0 Å². The van der Waals surface area contributed by atoms with Crippen molar-refractivity contribution in [1.29, 1.82) is 0 Å². The number of carbonyl (C=O) groups is 2. The summed E-state index contributed by atoms with van der Waals surface area (Å²) in [5, 5.41) is 0. The van der Waals surface area contributed by atoms with Crippen LogP contribution in [-0.4, -0.2) is 41.8 Å². The Balaban J connectivity index is 1.57. The predicted molar refractivity (Wildman–Crippen MR) is 105 cm³/mol. The molecular weight excluding hydrogens is 358 g/mol. The van der Waals surface area contributed by atoms with Crippen LogP contribution in [0.1, 0.15) is 37.6 Å². The van der Waals surface area contributed by atoms with E-state index in [1.165, 1.54) is 0 Å². The number of ether oxygens (including phenoxy) is 3. The Morgan fingerprint density at radius 3 is 2.43 bits per heavy atom. The molecule has 2 aromatic carbocycles. The molecule has 6 nitrogen and oxygen atoms in total. The highest BCUT2D eigenvalue weighted by Gasteiger charge is 2.32. The molecule has 1 atom stereocenters. The van der Waals surface area contributed by atoms with Gasteiger partial charge in [0, 0.05) is 13.0 Å². The number of carbonyl (C=O) groups excluding carboxylic acids is 2. The van der Waals surface area contributed by atoms with Crippen LogP contribution >= 0.6 is 0 Å². The monoisotopic (exact) mass is 383 g/mol. The largest absolute Gasteiger partial charge is 0.457 e. The van der Waals surface area contributed by atoms with Gasteiger partial charge < -0.3 is 19.1 Å². The summed E-state index contributed by atoms with van der Waals surface area (Å²) in [5.41, 5.74) is -0.144. The third-order valence-corrected chi connectivity index (χ3v) is 4.12. The molecule has 1 aliphatic heterocycles. The highest BCUT2D eigenvalue weighted by Crippen LogP contribution is 2.23. The second kappa shape index (κ2) is 8.33. The van der Waals surface area contributed by atoms with Crippen LogP contribution in [0.15, 0.2) is 54.6 Å². The van der Waals surface area contributed by atoms with Crippen molar-refractivity contribution in [2.75, 3.05) is 13.1 Å². The van der Waals surface area contributed by atoms with Gasteiger partial charge in [0.2, 0.25) is 0 Å². The molecule has 2 aromatic rings. The topological polar surface area (TPSA) is 65.1 Å². The Morgan fingerprint density at radius 1 is 1.00 bits per heavy atom. The van der Waals surface area contributed by atoms with Gasteiger partial charge >= 0.3 is 12.1 Å². The fourth-order valence-corrected chi connectivity index (χ4v) is 2.85. The summed E-state index contributed by atoms with van der Waals surface area (Å²) in [4.78, 5) is 26.2. The molecule has 1 saturated heterocycles. The molecule has 28 heavy (non-hydrogen) atoms. The van der Waals surface area contributed by atoms with E-state index in [0.717, 1.165) is 0 Å². The molecule has 148 valence electrons. The smallest absolute Gasteiger partial charge is 0.410 e. The van der Waals surface area contributed by atoms with E-state index < -0.39 is 11.6 Å². The van der Waals surface area contributed by atoms with Crippen LogP contribution in [0.25, 0.3) is 0 Å². The zero-order chi connectivity index (χ0) is 20.1. The fraction of sp³-hybridized carbons (Fsp3) is 0.364. The van der Waals surface area contributed by atoms with Crippen molar-refractivity contribution in [3.8, 4) is 11.5 Å². The Hall–Kier alpha value is -3.02. The number of benzene rings is 2. The number of likely N-dealkylation sites (tertiary alicyclic amines) is 1. The SMILES string of the molecule is CC(C)(C)OC(=O)N1CC[C@@H](OC(=O)c2cccc(Oc3ccccc3)c2)C1. The van der Waals surface area contributed by atoms with E-state index in [1.54, 1.807) is 29.2 Å². The third kappa shape index (κ3) is 5.49. The standard InChI is InChI=1S/C22H25NO5/c1-22(2,3)28-21(25)23-13-12-19(15-23)27-20(24)16-8-7-11-18(14-16)26-17-9-5-4-6-10-17/h4-11,14,19H,12-13,15H2,1-3H3/t19-/m1/s1. The van der Waals surface area contributed by atoms with Crippen LogP contribution < -0.4 is 4.74 Å². The average molecular weight is 383 g/mol. The minimum Gasteiger partial charge on any atom is -0.457 e. The van der Waals surface area contributed by atoms with Crippen molar-refractivity contribution in [3.05, 3.63) is 60.2 Å². The zero-order valence-electron chi connectivity index (χ0n) is 16.4. The van der Waals surface area contributed by atoms with E-state index in [2.05, 4.69) is 0 Å². The van der Waals surface area contributed by atoms with Crippen LogP contribution in [0, 0.1) is 0 Å². The summed E-state index contributed by atoms with van der Waals surface area (Å²) in [6.07, 6.45) is -0.145. The first-order chi connectivity index (χ1) is 13.3. The lowest BCUT2D eigenvalue weighted by atomic mass is 10.2. The first-order valence-electron chi connectivity index (χ1n) is 9.32. The summed E-state index contributed by atoms with van der Waals surface area (Å²) in [6, 6.07) is 16.2. The lowest BCUT2D eigenvalue weighted by Gasteiger charge is -2.24. The number of amides is 1. The van der Waals surface area contributed by atoms with E-state index >= 15 is 0 Å². The molecule has 0 spiro atoms. The predicted octanol–water partition coefficient (Wildman–Crippen LogP) is 4.65. The summed E-state index contributed by atoms with van der Waals surface area (Å²) < 4.78 is 16.7. The van der Waals surface area contributed by atoms with Gasteiger partial charge in [0.25, 0.3) is 0 Å². The van der Waals surface area contributed by atoms with Gasteiger partial charge in [0.1, 0.15) is 23.2 Å². The van der Waals surface area contributed by atoms with Crippen LogP contribution in [-0.2, 0) is 9.47 Å². The molecule has 0 aromatic heterocycles. The van der Waals surface area contributed by atoms with E-state index in [0.29, 0.717) is 36.6 Å². The van der Waals surface area contributed by atoms with Crippen molar-refractivity contribution < 1.29 is 23.8 Å². The van der Waals surface area contributed by atoms with Gasteiger partial charge in [-0.25, -0.2) is 9.59 Å². The van der Waals surface area contributed by atoms with E-state index in [-0.39, 0.29) is 12.2 Å². The molecule has 0 N–H and O–H groups in total. The van der Waals surface area contributed by atoms with Crippen molar-refractivity contribution in [2.24, 2.45) is 0 Å². The molecule has 1 heterocycles. The fourth-order valence-electron chi connectivity index (χ4n) is 2.85. The van der Waals surface area contributed by atoms with Crippen molar-refractivity contribution in [3.63, 3.8) is 0 Å². The van der Waals surface area contributed by atoms with Crippen molar-refractivity contribution in [2.45, 2.75) is 38.9 Å². The second-order valence-electron chi connectivity index (χ2n) is 7.69. The highest BCUT2D eigenvalue weighted by molar-refractivity contribution is 5.90. The van der Waals surface area contributed by atoms with Gasteiger partial charge in [-0.2, -0.15) is 0 Å². The van der Waals surface area contributed by atoms with Crippen LogP contribution in [0.3, 0.4) is 0 Å². The van der Waals surface area contributed by atoms with Crippen molar-refractivity contribution in [1.82, 2.24) is 4.90 Å². The minimum absolute atomic E-state index is 0.334. The molecule has 0 radical (unpaired) electrons. The summed E-state index contributed by atoms with van der Waals surface area (Å²) >= 11 is 0. The second-order valence-corrected chi connectivity index (χ2v) is 7.69. The Morgan fingerprint density at radius 2 is 1.71 bits per heavy atom. The molecule has 1 amide bonds. The maximum Gasteiger partial charge on any atom is 0.410 e. The number of hydrogen-bond acceptors (Lipinski definition) is 5. The van der Waals surface area contributed by atoms with Gasteiger partial charge in [0.15, 0.2) is 0 Å². The molecule has 0 unspecified atom stereocenters. The normalized spacial score (nSPS) is 16.5. The average Bonchev–Trinajstić information content (AvgIpc) is 3.10. The highest BCUT2D eigenvalue weighted by atomic mass is 16.6. The number of esters is 1. The van der Waals surface area contributed by atoms with E-state index in [4.69, 9.17) is 14.2 Å². The van der Waals surface area contributed by atoms with Crippen molar-refractivity contribution >= 4 is 12.1 Å². The van der Waals surface area contributed by atoms with E-state index in [1.807, 2.05) is 51.1 Å². The molecular formula is C22H25NO5. The van der Waals surface area contributed by atoms with Crippen LogP contribution in [0.2, 0.25) is 0 Å². The molecule has 6 heteroatoms. The number of rotatable bonds is 4. The summed E-state index contributed by atoms with van der Waals surface area (Å²) in [5.74, 6) is 0.814. The number of nitrogens with zero attached hydrogens (tertiary/aromatic N) is 1. The quantitative estimate of drug-likeness (QED) is 0.720. The molecule has 0 aliphatic carbocycles. The lowest BCUT2D eigenvalue weighted by Crippen LogP contribution is -2.36. The summed E-state index contributed by atoms with van der Waals surface area (Å²) in [6.45, 7) is 6.31. The molecule has 3 rings (SSSR count). The van der Waals surface area contributed by atoms with Gasteiger partial charge in [-0.05, 0) is 51.1 Å². The van der Waals surface area contributed by atoms with Gasteiger partial charge in [-0.1, -0.05) is 24.3 Å². The maximum absolute atomic E-state index is 12.5. The first kappa shape index (κ1) is 19.7. The van der Waals surface area contributed by atoms with E-state index in [9.17, 15) is 9.59 Å². The first-order valence-corrected chi connectivity index (χ1v) is 9.32. The maximum atomic E-state index is 12.5. The lowest BCUT2D eigenvalue weighted by molar-refractivity contribution is 0.0191. The van der Waals surface area contributed by atoms with Gasteiger partial charge in [-0.15, -0.1) is 0 Å². The summed E-state index contributed by atoms with van der Waals surface area (Å²) in [7, 11) is 0. The van der Waals surface area contributed by atoms with Crippen LogP contribution in [0.4, 0.5) is 4.79 Å². The Labute approximate surface area is 165 Å². The molecule has 0 bridgehead atoms.